The van der Waals surface area contributed by atoms with E-state index in [1.807, 2.05) is 41.7 Å². The Balaban J connectivity index is 1.54. The maximum atomic E-state index is 12.5. The lowest BCUT2D eigenvalue weighted by Crippen LogP contribution is -2.29. The zero-order valence-corrected chi connectivity index (χ0v) is 16.5. The third-order valence-corrected chi connectivity index (χ3v) is 4.54. The van der Waals surface area contributed by atoms with E-state index in [4.69, 9.17) is 13.7 Å². The van der Waals surface area contributed by atoms with Gasteiger partial charge in [0.1, 0.15) is 35.9 Å². The van der Waals surface area contributed by atoms with Gasteiger partial charge in [0, 0.05) is 18.1 Å². The Morgan fingerprint density at radius 3 is 2.68 bits per heavy atom. The lowest BCUT2D eigenvalue weighted by atomic mass is 9.42. The first-order valence-corrected chi connectivity index (χ1v) is 9.08. The molecule has 0 saturated heterocycles. The van der Waals surface area contributed by atoms with Crippen molar-refractivity contribution in [1.29, 1.82) is 0 Å². The van der Waals surface area contributed by atoms with E-state index in [0.29, 0.717) is 35.7 Å². The minimum absolute atomic E-state index is 0.217. The van der Waals surface area contributed by atoms with Crippen molar-refractivity contribution >= 4 is 29.4 Å². The van der Waals surface area contributed by atoms with Gasteiger partial charge in [0.25, 0.3) is 5.91 Å². The topological polar surface area (TPSA) is 103 Å². The monoisotopic (exact) mass is 376 g/mol. The Hall–Kier alpha value is -2.97. The number of nitrogens with zero attached hydrogens (tertiary/aromatic N) is 3. The van der Waals surface area contributed by atoms with Crippen LogP contribution in [-0.2, 0) is 5.11 Å². The predicted octanol–water partition coefficient (Wildman–Crippen LogP) is -0.785. The molecule has 2 aromatic heterocycles. The summed E-state index contributed by atoms with van der Waals surface area (Å²) in [5.41, 5.74) is 2.26. The molecule has 3 heterocycles. The lowest BCUT2D eigenvalue weighted by Gasteiger charge is -2.11. The Morgan fingerprint density at radius 1 is 1.25 bits per heavy atom. The molecule has 28 heavy (non-hydrogen) atoms. The third kappa shape index (κ3) is 3.32. The normalized spacial score (nSPS) is 15.9. The highest BCUT2D eigenvalue weighted by atomic mass is 16.5. The van der Waals surface area contributed by atoms with Crippen LogP contribution in [0.5, 0.6) is 5.75 Å². The molecule has 0 saturated carbocycles. The number of aryl methyl sites for hydroxylation is 2. The van der Waals surface area contributed by atoms with Crippen molar-refractivity contribution in [2.24, 2.45) is 0 Å². The summed E-state index contributed by atoms with van der Waals surface area (Å²) in [6.45, 7) is 3.80. The molecule has 0 radical (unpaired) electrons. The molecule has 3 aromatic rings. The molecule has 1 aromatic carbocycles. The maximum absolute atomic E-state index is 12.5. The van der Waals surface area contributed by atoms with Gasteiger partial charge in [-0.2, -0.15) is 4.98 Å². The van der Waals surface area contributed by atoms with E-state index in [0.717, 1.165) is 11.1 Å². The highest BCUT2D eigenvalue weighted by molar-refractivity contribution is 6.58. The van der Waals surface area contributed by atoms with Crippen LogP contribution in [0.3, 0.4) is 0 Å². The number of carbonyl (C=O) groups is 1. The zero-order chi connectivity index (χ0) is 20.1. The van der Waals surface area contributed by atoms with E-state index < -0.39 is 0 Å². The molecule has 0 bridgehead atoms. The standard InChI is InChI=1S/C17H19B3N4O4/c1-7-13(27-8(2)21-7)15(25)22-11-6-26-12-5-9(3-4-10(11)12)14-23-16(28-24-14)17(18,19)20/h3-5,11H,6,18-20H2,1-2H3,(H,22,25)/t11-/m1/s1. The molecule has 0 unspecified atom stereocenters. The molecule has 11 heteroatoms. The molecule has 4 rings (SSSR count). The average Bonchev–Trinajstić information content (AvgIpc) is 3.33. The first kappa shape index (κ1) is 18.4. The number of amides is 1. The van der Waals surface area contributed by atoms with Crippen LogP contribution >= 0.6 is 0 Å². The molecule has 0 spiro atoms. The Morgan fingerprint density at radius 2 is 2.04 bits per heavy atom. The first-order chi connectivity index (χ1) is 13.2. The molecule has 0 aliphatic carbocycles. The van der Waals surface area contributed by atoms with Gasteiger partial charge in [-0.15, -0.1) is 0 Å². The van der Waals surface area contributed by atoms with E-state index >= 15 is 0 Å². The van der Waals surface area contributed by atoms with Gasteiger partial charge in [-0.3, -0.25) is 4.79 Å². The van der Waals surface area contributed by atoms with Gasteiger partial charge in [-0.1, -0.05) is 17.3 Å². The molecule has 1 atom stereocenters. The van der Waals surface area contributed by atoms with E-state index in [1.54, 1.807) is 13.8 Å². The fraction of sp³-hybridized carbons (Fsp3) is 0.294. The van der Waals surface area contributed by atoms with Crippen LogP contribution in [0.15, 0.2) is 27.1 Å². The summed E-state index contributed by atoms with van der Waals surface area (Å²) in [5.74, 6) is 2.16. The Bertz CT molecular complexity index is 1060. The van der Waals surface area contributed by atoms with Gasteiger partial charge in [0.15, 0.2) is 5.89 Å². The van der Waals surface area contributed by atoms with Gasteiger partial charge in [0.2, 0.25) is 17.5 Å². The van der Waals surface area contributed by atoms with Gasteiger partial charge in [0.05, 0.1) is 11.7 Å². The van der Waals surface area contributed by atoms with Crippen LogP contribution in [0.2, 0.25) is 0 Å². The van der Waals surface area contributed by atoms with Crippen molar-refractivity contribution < 1.29 is 18.5 Å². The summed E-state index contributed by atoms with van der Waals surface area (Å²) in [6.07, 6.45) is 0. The lowest BCUT2D eigenvalue weighted by molar-refractivity contribution is 0.0900. The highest BCUT2D eigenvalue weighted by Gasteiger charge is 2.29. The number of hydrogen-bond acceptors (Lipinski definition) is 7. The van der Waals surface area contributed by atoms with Crippen LogP contribution in [0.4, 0.5) is 0 Å². The third-order valence-electron chi connectivity index (χ3n) is 4.54. The van der Waals surface area contributed by atoms with Gasteiger partial charge in [-0.05, 0) is 18.1 Å². The van der Waals surface area contributed by atoms with Crippen molar-refractivity contribution in [3.05, 3.63) is 47.0 Å². The van der Waals surface area contributed by atoms with Crippen LogP contribution in [0.1, 0.15) is 39.6 Å². The van der Waals surface area contributed by atoms with Crippen LogP contribution in [0, 0.1) is 13.8 Å². The quantitative estimate of drug-likeness (QED) is 0.596. The van der Waals surface area contributed by atoms with Gasteiger partial charge in [-0.25, -0.2) is 4.98 Å². The number of benzene rings is 1. The summed E-state index contributed by atoms with van der Waals surface area (Å²) in [7, 11) is 6.05. The van der Waals surface area contributed by atoms with Crippen LogP contribution in [0.25, 0.3) is 11.4 Å². The van der Waals surface area contributed by atoms with Crippen molar-refractivity contribution in [2.45, 2.75) is 25.0 Å². The highest BCUT2D eigenvalue weighted by Crippen LogP contribution is 2.35. The second kappa shape index (κ2) is 6.58. The Kier molecular flexibility index (Phi) is 4.32. The van der Waals surface area contributed by atoms with Gasteiger partial charge >= 0.3 is 0 Å². The molecule has 1 aliphatic heterocycles. The summed E-state index contributed by atoms with van der Waals surface area (Å²) in [5, 5.41) is 6.79. The molecule has 1 aliphatic rings. The summed E-state index contributed by atoms with van der Waals surface area (Å²) in [4.78, 5) is 21.1. The largest absolute Gasteiger partial charge is 0.491 e. The SMILES string of the molecule is BC(B)(B)c1nc(-c2ccc3c(c2)OC[C@H]3NC(=O)c2oc(C)nc2C)no1. The molecule has 1 N–H and O–H groups in total. The maximum Gasteiger partial charge on any atom is 0.289 e. The van der Waals surface area contributed by atoms with E-state index in [-0.39, 0.29) is 22.8 Å². The average molecular weight is 376 g/mol. The molecular formula is C17H19B3N4O4. The number of carbonyl (C=O) groups excluding carboxylic acids is 1. The van der Waals surface area contributed by atoms with Crippen LogP contribution < -0.4 is 10.1 Å². The van der Waals surface area contributed by atoms with Crippen LogP contribution in [-0.4, -0.2) is 51.2 Å². The second-order valence-corrected chi connectivity index (χ2v) is 7.91. The number of hydrogen-bond donors (Lipinski definition) is 1. The molecule has 1 amide bonds. The number of rotatable bonds is 4. The number of nitrogens with one attached hydrogen (secondary N) is 1. The van der Waals surface area contributed by atoms with E-state index in [1.165, 1.54) is 0 Å². The predicted molar refractivity (Wildman–Crippen MR) is 109 cm³/mol. The van der Waals surface area contributed by atoms with Crippen molar-refractivity contribution in [1.82, 2.24) is 20.4 Å². The van der Waals surface area contributed by atoms with Crippen molar-refractivity contribution in [3.63, 3.8) is 0 Å². The minimum atomic E-state index is -0.309. The number of aromatic nitrogens is 3. The minimum Gasteiger partial charge on any atom is -0.491 e. The van der Waals surface area contributed by atoms with Gasteiger partial charge < -0.3 is 19.0 Å². The summed E-state index contributed by atoms with van der Waals surface area (Å²) < 4.78 is 16.5. The summed E-state index contributed by atoms with van der Waals surface area (Å²) in [6, 6.07) is 5.40. The summed E-state index contributed by atoms with van der Waals surface area (Å²) >= 11 is 0. The molecule has 8 nitrogen and oxygen atoms in total. The second-order valence-electron chi connectivity index (χ2n) is 7.91. The first-order valence-electron chi connectivity index (χ1n) is 9.08. The van der Waals surface area contributed by atoms with E-state index in [2.05, 4.69) is 20.4 Å². The van der Waals surface area contributed by atoms with Crippen molar-refractivity contribution in [2.75, 3.05) is 6.61 Å². The fourth-order valence-electron chi connectivity index (χ4n) is 3.08. The molecule has 0 fully saturated rings. The number of oxazole rings is 1. The molecule has 140 valence electrons. The number of ether oxygens (including phenoxy) is 1. The zero-order valence-electron chi connectivity index (χ0n) is 16.5. The fourth-order valence-corrected chi connectivity index (χ4v) is 3.08. The Labute approximate surface area is 164 Å². The van der Waals surface area contributed by atoms with E-state index in [9.17, 15) is 4.79 Å². The smallest absolute Gasteiger partial charge is 0.289 e. The molecular weight excluding hydrogens is 357 g/mol. The number of fused-ring (bicyclic) bond motifs is 1. The van der Waals surface area contributed by atoms with Crippen molar-refractivity contribution in [3.8, 4) is 17.1 Å².